The summed E-state index contributed by atoms with van der Waals surface area (Å²) in [6.45, 7) is 1.37. The lowest BCUT2D eigenvalue weighted by molar-refractivity contribution is -0.118. The molecule has 0 aromatic heterocycles. The van der Waals surface area contributed by atoms with Crippen LogP contribution in [0.2, 0.25) is 0 Å². The maximum absolute atomic E-state index is 11.6. The number of hydrogen-bond donors (Lipinski definition) is 1. The molecular weight excluding hydrogens is 372 g/mol. The number of nitrogens with zero attached hydrogens (tertiary/aromatic N) is 1. The zero-order valence-electron chi connectivity index (χ0n) is 14.4. The van der Waals surface area contributed by atoms with Gasteiger partial charge in [0.05, 0.1) is 11.8 Å². The first-order valence-electron chi connectivity index (χ1n) is 8.11. The average Bonchev–Trinajstić information content (AvgIpc) is 2.94. The van der Waals surface area contributed by atoms with Crippen LogP contribution in [-0.2, 0) is 11.2 Å². The lowest BCUT2D eigenvalue weighted by Crippen LogP contribution is -2.25. The van der Waals surface area contributed by atoms with E-state index >= 15 is 0 Å². The molecule has 1 heterocycles. The van der Waals surface area contributed by atoms with Crippen LogP contribution in [0.25, 0.3) is 0 Å². The molecule has 0 aliphatic carbocycles. The molecule has 0 bridgehead atoms. The number of thioether (sulfide) groups is 1. The van der Waals surface area contributed by atoms with Gasteiger partial charge in [-0.2, -0.15) is 0 Å². The number of halogens is 1. The third-order valence-electron chi connectivity index (χ3n) is 4.00. The minimum absolute atomic E-state index is 0. The fraction of sp³-hybridized carbons (Fsp3) is 0.263. The van der Waals surface area contributed by atoms with E-state index in [9.17, 15) is 9.59 Å². The van der Waals surface area contributed by atoms with E-state index in [2.05, 4.69) is 22.3 Å². The molecule has 26 heavy (non-hydrogen) atoms. The van der Waals surface area contributed by atoms with Crippen LogP contribution in [0.3, 0.4) is 0 Å². The molecule has 5 nitrogen and oxygen atoms in total. The highest BCUT2D eigenvalue weighted by Crippen LogP contribution is 2.23. The summed E-state index contributed by atoms with van der Waals surface area (Å²) in [7, 11) is 2.04. The van der Waals surface area contributed by atoms with Gasteiger partial charge in [-0.25, -0.2) is 0 Å². The van der Waals surface area contributed by atoms with Gasteiger partial charge in [-0.05, 0) is 36.2 Å². The first kappa shape index (κ1) is 20.1. The lowest BCUT2D eigenvalue weighted by Gasteiger charge is -2.19. The third kappa shape index (κ3) is 5.41. The summed E-state index contributed by atoms with van der Waals surface area (Å²) in [4.78, 5) is 24.9. The molecule has 1 aliphatic heterocycles. The highest BCUT2D eigenvalue weighted by atomic mass is 35.5. The van der Waals surface area contributed by atoms with Gasteiger partial charge < -0.3 is 9.64 Å². The predicted octanol–water partition coefficient (Wildman–Crippen LogP) is 3.52. The number of likely N-dealkylation sites (N-methyl/N-ethyl adjacent to an activating group) is 1. The van der Waals surface area contributed by atoms with Gasteiger partial charge in [-0.15, -0.1) is 12.4 Å². The topological polar surface area (TPSA) is 58.6 Å². The maximum atomic E-state index is 11.6. The van der Waals surface area contributed by atoms with Gasteiger partial charge in [0.15, 0.2) is 0 Å². The van der Waals surface area contributed by atoms with Crippen molar-refractivity contribution in [1.29, 1.82) is 0 Å². The van der Waals surface area contributed by atoms with Crippen molar-refractivity contribution in [3.63, 3.8) is 0 Å². The summed E-state index contributed by atoms with van der Waals surface area (Å²) in [6, 6.07) is 17.8. The van der Waals surface area contributed by atoms with Gasteiger partial charge >= 0.3 is 0 Å². The molecule has 1 unspecified atom stereocenters. The van der Waals surface area contributed by atoms with Crippen LogP contribution in [0, 0.1) is 0 Å². The number of rotatable bonds is 7. The Labute approximate surface area is 163 Å². The van der Waals surface area contributed by atoms with E-state index in [0.29, 0.717) is 13.0 Å². The van der Waals surface area contributed by atoms with Crippen molar-refractivity contribution in [3.05, 3.63) is 60.2 Å². The molecule has 1 aliphatic rings. The van der Waals surface area contributed by atoms with Gasteiger partial charge in [0.25, 0.3) is 5.24 Å². The summed E-state index contributed by atoms with van der Waals surface area (Å²) in [6.07, 6.45) is 0.541. The molecule has 0 saturated carbocycles. The SMILES string of the molecule is CN(CCOc1ccc(CC2SC(=O)NC2=O)cc1)c1ccccc1.Cl. The van der Waals surface area contributed by atoms with Crippen LogP contribution in [-0.4, -0.2) is 36.6 Å². The van der Waals surface area contributed by atoms with Gasteiger partial charge in [-0.3, -0.25) is 14.9 Å². The van der Waals surface area contributed by atoms with Crippen molar-refractivity contribution >= 4 is 41.0 Å². The monoisotopic (exact) mass is 392 g/mol. The Morgan fingerprint density at radius 3 is 2.38 bits per heavy atom. The Hall–Kier alpha value is -2.18. The molecule has 3 rings (SSSR count). The number of carbonyl (C=O) groups excluding carboxylic acids is 2. The van der Waals surface area contributed by atoms with E-state index in [1.54, 1.807) is 0 Å². The molecule has 2 aromatic carbocycles. The highest BCUT2D eigenvalue weighted by molar-refractivity contribution is 8.15. The average molecular weight is 393 g/mol. The van der Waals surface area contributed by atoms with Crippen LogP contribution in [0.4, 0.5) is 10.5 Å². The summed E-state index contributed by atoms with van der Waals surface area (Å²) in [5.74, 6) is 0.587. The Morgan fingerprint density at radius 1 is 1.08 bits per heavy atom. The number of benzene rings is 2. The molecule has 7 heteroatoms. The molecule has 1 saturated heterocycles. The summed E-state index contributed by atoms with van der Waals surface area (Å²) in [5.41, 5.74) is 2.17. The van der Waals surface area contributed by atoms with Gasteiger partial charge in [-0.1, -0.05) is 42.1 Å². The number of nitrogens with one attached hydrogen (secondary N) is 1. The summed E-state index contributed by atoms with van der Waals surface area (Å²) in [5, 5.41) is 1.71. The van der Waals surface area contributed by atoms with Crippen LogP contribution < -0.4 is 15.0 Å². The molecule has 0 radical (unpaired) electrons. The second kappa shape index (κ2) is 9.50. The molecule has 1 atom stereocenters. The summed E-state index contributed by atoms with van der Waals surface area (Å²) >= 11 is 1.05. The van der Waals surface area contributed by atoms with Crippen molar-refractivity contribution in [2.45, 2.75) is 11.7 Å². The normalized spacial score (nSPS) is 16.0. The predicted molar refractivity (Wildman–Crippen MR) is 108 cm³/mol. The molecule has 0 spiro atoms. The smallest absolute Gasteiger partial charge is 0.286 e. The standard InChI is InChI=1S/C19H20N2O3S.ClH/c1-21(15-5-3-2-4-6-15)11-12-24-16-9-7-14(8-10-16)13-17-18(22)20-19(23)25-17;/h2-10,17H,11-13H2,1H3,(H,20,22,23);1H. The largest absolute Gasteiger partial charge is 0.492 e. The van der Waals surface area contributed by atoms with Crippen LogP contribution in [0.1, 0.15) is 5.56 Å². The van der Waals surface area contributed by atoms with Gasteiger partial charge in [0.2, 0.25) is 5.91 Å². The second-order valence-corrected chi connectivity index (χ2v) is 7.01. The Balaban J connectivity index is 0.00000243. The Bertz CT molecular complexity index is 740. The minimum atomic E-state index is -0.334. The molecule has 1 fully saturated rings. The Morgan fingerprint density at radius 2 is 1.77 bits per heavy atom. The van der Waals surface area contributed by atoms with Crippen molar-refractivity contribution in [3.8, 4) is 5.75 Å². The Kier molecular flexibility index (Phi) is 7.36. The molecule has 2 aromatic rings. The van der Waals surface area contributed by atoms with Crippen LogP contribution in [0.5, 0.6) is 5.75 Å². The number of para-hydroxylation sites is 1. The van der Waals surface area contributed by atoms with E-state index in [0.717, 1.165) is 35.3 Å². The van der Waals surface area contributed by atoms with Crippen LogP contribution in [0.15, 0.2) is 54.6 Å². The van der Waals surface area contributed by atoms with E-state index in [1.165, 1.54) is 0 Å². The van der Waals surface area contributed by atoms with Gasteiger partial charge in [0, 0.05) is 12.7 Å². The number of carbonyl (C=O) groups is 2. The molecule has 1 N–H and O–H groups in total. The quantitative estimate of drug-likeness (QED) is 0.781. The highest BCUT2D eigenvalue weighted by Gasteiger charge is 2.31. The fourth-order valence-electron chi connectivity index (χ4n) is 2.58. The fourth-order valence-corrected chi connectivity index (χ4v) is 3.44. The van der Waals surface area contributed by atoms with Crippen molar-refractivity contribution in [2.75, 3.05) is 25.1 Å². The molecule has 138 valence electrons. The number of imide groups is 1. The summed E-state index contributed by atoms with van der Waals surface area (Å²) < 4.78 is 5.78. The first-order chi connectivity index (χ1) is 12.1. The minimum Gasteiger partial charge on any atom is -0.492 e. The first-order valence-corrected chi connectivity index (χ1v) is 8.99. The van der Waals surface area contributed by atoms with E-state index in [-0.39, 0.29) is 28.8 Å². The molecular formula is C19H21ClN2O3S. The lowest BCUT2D eigenvalue weighted by atomic mass is 10.1. The van der Waals surface area contributed by atoms with Crippen LogP contribution >= 0.6 is 24.2 Å². The van der Waals surface area contributed by atoms with Crippen molar-refractivity contribution < 1.29 is 14.3 Å². The zero-order chi connectivity index (χ0) is 17.6. The van der Waals surface area contributed by atoms with Crippen molar-refractivity contribution in [2.24, 2.45) is 0 Å². The number of hydrogen-bond acceptors (Lipinski definition) is 5. The number of anilines is 1. The third-order valence-corrected chi connectivity index (χ3v) is 4.99. The van der Waals surface area contributed by atoms with E-state index < -0.39 is 0 Å². The zero-order valence-corrected chi connectivity index (χ0v) is 16.0. The van der Waals surface area contributed by atoms with Crippen molar-refractivity contribution in [1.82, 2.24) is 5.32 Å². The van der Waals surface area contributed by atoms with E-state index in [1.807, 2.05) is 49.5 Å². The maximum Gasteiger partial charge on any atom is 0.286 e. The number of ether oxygens (including phenoxy) is 1. The van der Waals surface area contributed by atoms with Gasteiger partial charge in [0.1, 0.15) is 12.4 Å². The van der Waals surface area contributed by atoms with E-state index in [4.69, 9.17) is 4.74 Å². The second-order valence-electron chi connectivity index (χ2n) is 5.84. The number of amides is 2. The molecule has 2 amide bonds.